The molecule has 0 aromatic heterocycles. The summed E-state index contributed by atoms with van der Waals surface area (Å²) >= 11 is 0. The van der Waals surface area contributed by atoms with Crippen LogP contribution < -0.4 is 5.73 Å². The molecule has 2 aromatic rings. The van der Waals surface area contributed by atoms with Gasteiger partial charge in [0, 0.05) is 18.2 Å². The molecule has 0 bridgehead atoms. The van der Waals surface area contributed by atoms with Crippen LogP contribution >= 0.6 is 0 Å². The third kappa shape index (κ3) is 3.19. The van der Waals surface area contributed by atoms with Crippen molar-refractivity contribution >= 4 is 5.69 Å². The van der Waals surface area contributed by atoms with Crippen molar-refractivity contribution in [3.8, 4) is 0 Å². The van der Waals surface area contributed by atoms with E-state index in [2.05, 4.69) is 0 Å². The Bertz CT molecular complexity index is 644. The van der Waals surface area contributed by atoms with Gasteiger partial charge in [0.25, 0.3) is 5.69 Å². The average molecular weight is 274 g/mol. The van der Waals surface area contributed by atoms with Crippen molar-refractivity contribution in [2.45, 2.75) is 19.4 Å². The summed E-state index contributed by atoms with van der Waals surface area (Å²) in [5.74, 6) is -0.315. The minimum atomic E-state index is -0.481. The number of aryl methyl sites for hydroxylation is 1. The third-order valence-corrected chi connectivity index (χ3v) is 3.12. The van der Waals surface area contributed by atoms with Gasteiger partial charge in [-0.1, -0.05) is 24.3 Å². The average Bonchev–Trinajstić information content (AvgIpc) is 2.40. The van der Waals surface area contributed by atoms with Crippen LogP contribution in [0, 0.1) is 22.9 Å². The maximum atomic E-state index is 13.6. The van der Waals surface area contributed by atoms with Crippen molar-refractivity contribution in [3.05, 3.63) is 75.1 Å². The first-order chi connectivity index (χ1) is 9.47. The highest BCUT2D eigenvalue weighted by Crippen LogP contribution is 2.23. The summed E-state index contributed by atoms with van der Waals surface area (Å²) < 4.78 is 13.6. The monoisotopic (exact) mass is 274 g/mol. The molecular formula is C15H15FN2O2. The molecule has 0 heterocycles. The van der Waals surface area contributed by atoms with E-state index in [-0.39, 0.29) is 11.5 Å². The number of hydrogen-bond acceptors (Lipinski definition) is 3. The fraction of sp³-hybridized carbons (Fsp3) is 0.200. The fourth-order valence-corrected chi connectivity index (χ4v) is 2.13. The lowest BCUT2D eigenvalue weighted by atomic mass is 9.97. The molecule has 0 spiro atoms. The van der Waals surface area contributed by atoms with Crippen LogP contribution in [0.25, 0.3) is 0 Å². The van der Waals surface area contributed by atoms with E-state index in [9.17, 15) is 14.5 Å². The van der Waals surface area contributed by atoms with Crippen LogP contribution in [0.15, 0.2) is 42.5 Å². The molecule has 0 aliphatic rings. The topological polar surface area (TPSA) is 69.2 Å². The smallest absolute Gasteiger partial charge is 0.270 e. The van der Waals surface area contributed by atoms with Gasteiger partial charge >= 0.3 is 0 Å². The summed E-state index contributed by atoms with van der Waals surface area (Å²) in [5.41, 5.74) is 7.95. The van der Waals surface area contributed by atoms with Gasteiger partial charge < -0.3 is 5.73 Å². The summed E-state index contributed by atoms with van der Waals surface area (Å²) in [5, 5.41) is 10.8. The van der Waals surface area contributed by atoms with Gasteiger partial charge in [0.1, 0.15) is 5.82 Å². The van der Waals surface area contributed by atoms with Crippen LogP contribution in [0.1, 0.15) is 22.7 Å². The second kappa shape index (κ2) is 5.79. The van der Waals surface area contributed by atoms with Crippen LogP contribution in [0.2, 0.25) is 0 Å². The van der Waals surface area contributed by atoms with E-state index in [1.165, 1.54) is 18.2 Å². The molecular weight excluding hydrogens is 259 g/mol. The highest BCUT2D eigenvalue weighted by Gasteiger charge is 2.14. The molecule has 0 fully saturated rings. The van der Waals surface area contributed by atoms with E-state index in [4.69, 9.17) is 5.73 Å². The predicted molar refractivity (Wildman–Crippen MR) is 74.9 cm³/mol. The number of nitro benzene ring substituents is 1. The number of nitro groups is 1. The minimum Gasteiger partial charge on any atom is -0.324 e. The van der Waals surface area contributed by atoms with Crippen LogP contribution in [-0.2, 0) is 6.42 Å². The Morgan fingerprint density at radius 2 is 2.00 bits per heavy atom. The zero-order chi connectivity index (χ0) is 14.7. The molecule has 4 nitrogen and oxygen atoms in total. The van der Waals surface area contributed by atoms with Crippen molar-refractivity contribution in [2.24, 2.45) is 5.73 Å². The maximum Gasteiger partial charge on any atom is 0.270 e. The van der Waals surface area contributed by atoms with Gasteiger partial charge in [-0.15, -0.1) is 0 Å². The number of non-ortho nitro benzene ring substituents is 1. The largest absolute Gasteiger partial charge is 0.324 e. The zero-order valence-electron chi connectivity index (χ0n) is 11.0. The van der Waals surface area contributed by atoms with Crippen molar-refractivity contribution in [1.29, 1.82) is 0 Å². The van der Waals surface area contributed by atoms with Crippen molar-refractivity contribution in [3.63, 3.8) is 0 Å². The molecule has 2 rings (SSSR count). The summed E-state index contributed by atoms with van der Waals surface area (Å²) in [6, 6.07) is 10.6. The summed E-state index contributed by atoms with van der Waals surface area (Å²) in [4.78, 5) is 10.4. The van der Waals surface area contributed by atoms with E-state index in [0.717, 1.165) is 5.56 Å². The number of rotatable bonds is 4. The van der Waals surface area contributed by atoms with Gasteiger partial charge in [0.05, 0.1) is 4.92 Å². The Kier molecular flexibility index (Phi) is 4.10. The van der Waals surface area contributed by atoms with Crippen molar-refractivity contribution in [1.82, 2.24) is 0 Å². The van der Waals surface area contributed by atoms with Gasteiger partial charge in [-0.05, 0) is 36.1 Å². The van der Waals surface area contributed by atoms with E-state index < -0.39 is 11.0 Å². The standard InChI is InChI=1S/C15H15FN2O2/c1-10-6-12(8-13(7-10)18(19)20)15(17)9-11-4-2-3-5-14(11)16/h2-8,15H,9,17H2,1H3. The molecule has 0 saturated heterocycles. The molecule has 0 radical (unpaired) electrons. The molecule has 1 atom stereocenters. The molecule has 0 aliphatic heterocycles. The summed E-state index contributed by atoms with van der Waals surface area (Å²) in [6.45, 7) is 1.77. The van der Waals surface area contributed by atoms with Gasteiger partial charge in [-0.25, -0.2) is 4.39 Å². The van der Waals surface area contributed by atoms with Gasteiger partial charge in [-0.3, -0.25) is 10.1 Å². The lowest BCUT2D eigenvalue weighted by Gasteiger charge is -2.13. The molecule has 1 unspecified atom stereocenters. The van der Waals surface area contributed by atoms with Crippen molar-refractivity contribution in [2.75, 3.05) is 0 Å². The highest BCUT2D eigenvalue weighted by molar-refractivity contribution is 5.40. The van der Waals surface area contributed by atoms with Gasteiger partial charge in [0.15, 0.2) is 0 Å². The Balaban J connectivity index is 2.27. The molecule has 0 saturated carbocycles. The van der Waals surface area contributed by atoms with Gasteiger partial charge in [-0.2, -0.15) is 0 Å². The van der Waals surface area contributed by atoms with Crippen LogP contribution in [0.3, 0.4) is 0 Å². The lowest BCUT2D eigenvalue weighted by Crippen LogP contribution is -2.14. The first kappa shape index (κ1) is 14.1. The van der Waals surface area contributed by atoms with E-state index in [1.54, 1.807) is 31.2 Å². The molecule has 104 valence electrons. The number of nitrogens with zero attached hydrogens (tertiary/aromatic N) is 1. The van der Waals surface area contributed by atoms with Crippen molar-refractivity contribution < 1.29 is 9.31 Å². The highest BCUT2D eigenvalue weighted by atomic mass is 19.1. The van der Waals surface area contributed by atoms with Crippen LogP contribution in [0.4, 0.5) is 10.1 Å². The second-order valence-electron chi connectivity index (χ2n) is 4.76. The normalized spacial score (nSPS) is 12.2. The molecule has 5 heteroatoms. The molecule has 0 aliphatic carbocycles. The Hall–Kier alpha value is -2.27. The van der Waals surface area contributed by atoms with E-state index in [0.29, 0.717) is 17.5 Å². The first-order valence-corrected chi connectivity index (χ1v) is 6.22. The first-order valence-electron chi connectivity index (χ1n) is 6.22. The molecule has 20 heavy (non-hydrogen) atoms. The van der Waals surface area contributed by atoms with Gasteiger partial charge in [0.2, 0.25) is 0 Å². The Morgan fingerprint density at radius 3 is 2.65 bits per heavy atom. The van der Waals surface area contributed by atoms with Crippen LogP contribution in [-0.4, -0.2) is 4.92 Å². The molecule has 2 aromatic carbocycles. The van der Waals surface area contributed by atoms with E-state index in [1.807, 2.05) is 0 Å². The third-order valence-electron chi connectivity index (χ3n) is 3.12. The fourth-order valence-electron chi connectivity index (χ4n) is 2.13. The zero-order valence-corrected chi connectivity index (χ0v) is 11.0. The van der Waals surface area contributed by atoms with Crippen LogP contribution in [0.5, 0.6) is 0 Å². The Labute approximate surface area is 116 Å². The lowest BCUT2D eigenvalue weighted by molar-refractivity contribution is -0.385. The SMILES string of the molecule is Cc1cc(C(N)Cc2ccccc2F)cc([N+](=O)[O-])c1. The maximum absolute atomic E-state index is 13.6. The predicted octanol–water partition coefficient (Wildman–Crippen LogP) is 3.28. The summed E-state index contributed by atoms with van der Waals surface area (Å²) in [7, 11) is 0. The number of hydrogen-bond donors (Lipinski definition) is 1. The summed E-state index contributed by atoms with van der Waals surface area (Å²) in [6.07, 6.45) is 0.299. The minimum absolute atomic E-state index is 0.00369. The number of halogens is 1. The number of benzene rings is 2. The quantitative estimate of drug-likeness (QED) is 0.687. The molecule has 2 N–H and O–H groups in total. The van der Waals surface area contributed by atoms with E-state index >= 15 is 0 Å². The second-order valence-corrected chi connectivity index (χ2v) is 4.76. The molecule has 0 amide bonds. The Morgan fingerprint density at radius 1 is 1.30 bits per heavy atom. The number of nitrogens with two attached hydrogens (primary N) is 1.